The van der Waals surface area contributed by atoms with Gasteiger partial charge in [0, 0.05) is 17.2 Å². The second kappa shape index (κ2) is 7.14. The molecule has 1 N–H and O–H groups in total. The fraction of sp³-hybridized carbons (Fsp3) is 0.444. The predicted molar refractivity (Wildman–Crippen MR) is 91.5 cm³/mol. The molecule has 1 aromatic carbocycles. The summed E-state index contributed by atoms with van der Waals surface area (Å²) in [5.41, 5.74) is 1.99. The second-order valence-corrected chi connectivity index (χ2v) is 7.27. The number of aromatic amines is 1. The van der Waals surface area contributed by atoms with Crippen molar-refractivity contribution in [3.8, 4) is 0 Å². The van der Waals surface area contributed by atoms with Crippen LogP contribution in [0, 0.1) is 0 Å². The minimum absolute atomic E-state index is 0.0499. The lowest BCUT2D eigenvalue weighted by atomic mass is 9.98. The fourth-order valence-electron chi connectivity index (χ4n) is 2.98. The van der Waals surface area contributed by atoms with Gasteiger partial charge in [0.1, 0.15) is 0 Å². The molecule has 22 heavy (non-hydrogen) atoms. The Labute approximate surface area is 135 Å². The van der Waals surface area contributed by atoms with Crippen LogP contribution in [0.1, 0.15) is 56.2 Å². The molecule has 0 amide bonds. The van der Waals surface area contributed by atoms with Crippen LogP contribution in [0.3, 0.4) is 0 Å². The minimum Gasteiger partial charge on any atom is -0.301 e. The summed E-state index contributed by atoms with van der Waals surface area (Å²) in [5, 5.41) is 1.37. The molecular formula is C18H22N2OS. The zero-order chi connectivity index (χ0) is 15.4. The van der Waals surface area contributed by atoms with Gasteiger partial charge in [-0.15, -0.1) is 0 Å². The molecular weight excluding hydrogens is 292 g/mol. The standard InChI is InChI=1S/C18H22N2OS/c1-13(14-8-4-2-5-9-14)16-12-17(21)20-18(19-16)22-15-10-6-3-7-11-15/h2,4-5,8-9,12-13,15H,3,6-7,10-11H2,1H3,(H,19,20,21)/t13-/m0/s1. The summed E-state index contributed by atoms with van der Waals surface area (Å²) in [5.74, 6) is 0.134. The number of nitrogens with one attached hydrogen (secondary N) is 1. The van der Waals surface area contributed by atoms with Gasteiger partial charge in [-0.1, -0.05) is 68.3 Å². The van der Waals surface area contributed by atoms with Gasteiger partial charge in [-0.2, -0.15) is 0 Å². The van der Waals surface area contributed by atoms with Gasteiger partial charge in [0.2, 0.25) is 0 Å². The smallest absolute Gasteiger partial charge is 0.251 e. The molecule has 1 saturated carbocycles. The van der Waals surface area contributed by atoms with Gasteiger partial charge in [-0.3, -0.25) is 4.79 Å². The van der Waals surface area contributed by atoms with E-state index >= 15 is 0 Å². The van der Waals surface area contributed by atoms with Gasteiger partial charge in [0.25, 0.3) is 5.56 Å². The van der Waals surface area contributed by atoms with E-state index in [2.05, 4.69) is 24.0 Å². The van der Waals surface area contributed by atoms with Gasteiger partial charge in [-0.25, -0.2) is 4.98 Å². The Balaban J connectivity index is 1.81. The molecule has 3 nitrogen and oxygen atoms in total. The lowest BCUT2D eigenvalue weighted by Crippen LogP contribution is -2.15. The lowest BCUT2D eigenvalue weighted by molar-refractivity contribution is 0.515. The Bertz CT molecular complexity index is 662. The highest BCUT2D eigenvalue weighted by Gasteiger charge is 2.17. The maximum Gasteiger partial charge on any atom is 0.251 e. The zero-order valence-electron chi connectivity index (χ0n) is 12.9. The van der Waals surface area contributed by atoms with Gasteiger partial charge in [-0.05, 0) is 18.4 Å². The maximum absolute atomic E-state index is 12.0. The third kappa shape index (κ3) is 3.80. The number of thioether (sulfide) groups is 1. The molecule has 0 saturated heterocycles. The summed E-state index contributed by atoms with van der Waals surface area (Å²) < 4.78 is 0. The summed E-state index contributed by atoms with van der Waals surface area (Å²) in [4.78, 5) is 19.6. The van der Waals surface area contributed by atoms with Gasteiger partial charge < -0.3 is 4.98 Å². The Kier molecular flexibility index (Phi) is 4.98. The second-order valence-electron chi connectivity index (χ2n) is 5.99. The maximum atomic E-state index is 12.0. The van der Waals surface area contributed by atoms with Crippen LogP contribution in [0.25, 0.3) is 0 Å². The number of benzene rings is 1. The topological polar surface area (TPSA) is 45.8 Å². The van der Waals surface area contributed by atoms with Crippen molar-refractivity contribution in [2.24, 2.45) is 0 Å². The molecule has 1 atom stereocenters. The molecule has 0 radical (unpaired) electrons. The van der Waals surface area contributed by atoms with Crippen molar-refractivity contribution < 1.29 is 0 Å². The zero-order valence-corrected chi connectivity index (χ0v) is 13.7. The molecule has 1 aromatic heterocycles. The quantitative estimate of drug-likeness (QED) is 0.854. The highest BCUT2D eigenvalue weighted by molar-refractivity contribution is 7.99. The summed E-state index contributed by atoms with van der Waals surface area (Å²) >= 11 is 1.74. The average Bonchev–Trinajstić information content (AvgIpc) is 2.55. The molecule has 2 aromatic rings. The molecule has 3 rings (SSSR count). The van der Waals surface area contributed by atoms with Crippen LogP contribution in [0.4, 0.5) is 0 Å². The first-order valence-electron chi connectivity index (χ1n) is 8.05. The van der Waals surface area contributed by atoms with E-state index in [1.165, 1.54) is 37.7 Å². The van der Waals surface area contributed by atoms with Crippen molar-refractivity contribution in [3.05, 3.63) is 58.0 Å². The molecule has 1 fully saturated rings. The van der Waals surface area contributed by atoms with E-state index in [1.807, 2.05) is 18.2 Å². The predicted octanol–water partition coefficient (Wildman–Crippen LogP) is 4.35. The third-order valence-corrected chi connectivity index (χ3v) is 5.53. The molecule has 0 aliphatic heterocycles. The number of hydrogen-bond donors (Lipinski definition) is 1. The third-order valence-electron chi connectivity index (χ3n) is 4.31. The number of rotatable bonds is 4. The Morgan fingerprint density at radius 3 is 2.64 bits per heavy atom. The van der Waals surface area contributed by atoms with Crippen LogP contribution < -0.4 is 5.56 Å². The summed E-state index contributed by atoms with van der Waals surface area (Å²) in [6.45, 7) is 2.10. The number of H-pyrrole nitrogens is 1. The van der Waals surface area contributed by atoms with E-state index in [4.69, 9.17) is 4.98 Å². The Hall–Kier alpha value is -1.55. The van der Waals surface area contributed by atoms with Crippen molar-refractivity contribution in [1.29, 1.82) is 0 Å². The SMILES string of the molecule is C[C@@H](c1ccccc1)c1cc(=O)[nH]c(SC2CCCCC2)n1. The highest BCUT2D eigenvalue weighted by atomic mass is 32.2. The summed E-state index contributed by atoms with van der Waals surface area (Å²) in [6, 6.07) is 11.9. The van der Waals surface area contributed by atoms with Crippen molar-refractivity contribution in [3.63, 3.8) is 0 Å². The van der Waals surface area contributed by atoms with Crippen molar-refractivity contribution in [2.45, 2.75) is 55.4 Å². The van der Waals surface area contributed by atoms with Gasteiger partial charge in [0.05, 0.1) is 5.69 Å². The van der Waals surface area contributed by atoms with E-state index in [-0.39, 0.29) is 11.5 Å². The van der Waals surface area contributed by atoms with Crippen LogP contribution in [0.15, 0.2) is 46.3 Å². The highest BCUT2D eigenvalue weighted by Crippen LogP contribution is 2.32. The fourth-order valence-corrected chi connectivity index (χ4v) is 4.19. The molecule has 116 valence electrons. The first-order chi connectivity index (χ1) is 10.7. The van der Waals surface area contributed by atoms with E-state index < -0.39 is 0 Å². The summed E-state index contributed by atoms with van der Waals surface area (Å²) in [6.07, 6.45) is 6.38. The minimum atomic E-state index is -0.0499. The molecule has 1 aliphatic carbocycles. The van der Waals surface area contributed by atoms with E-state index in [9.17, 15) is 4.79 Å². The number of aromatic nitrogens is 2. The first kappa shape index (κ1) is 15.3. The van der Waals surface area contributed by atoms with E-state index in [1.54, 1.807) is 17.8 Å². The largest absolute Gasteiger partial charge is 0.301 e. The number of hydrogen-bond acceptors (Lipinski definition) is 3. The first-order valence-corrected chi connectivity index (χ1v) is 8.93. The van der Waals surface area contributed by atoms with Gasteiger partial charge in [0.15, 0.2) is 5.16 Å². The molecule has 4 heteroatoms. The molecule has 0 bridgehead atoms. The van der Waals surface area contributed by atoms with E-state index in [0.29, 0.717) is 5.25 Å². The van der Waals surface area contributed by atoms with Crippen LogP contribution in [0.5, 0.6) is 0 Å². The molecule has 1 heterocycles. The Morgan fingerprint density at radius 1 is 1.18 bits per heavy atom. The monoisotopic (exact) mass is 314 g/mol. The number of nitrogens with zero attached hydrogens (tertiary/aromatic N) is 1. The molecule has 0 spiro atoms. The van der Waals surface area contributed by atoms with Crippen LogP contribution in [-0.2, 0) is 0 Å². The van der Waals surface area contributed by atoms with Crippen LogP contribution >= 0.6 is 11.8 Å². The Morgan fingerprint density at radius 2 is 1.91 bits per heavy atom. The van der Waals surface area contributed by atoms with Crippen LogP contribution in [0.2, 0.25) is 0 Å². The van der Waals surface area contributed by atoms with Crippen molar-refractivity contribution in [2.75, 3.05) is 0 Å². The average molecular weight is 314 g/mol. The molecule has 1 aliphatic rings. The normalized spacial score (nSPS) is 17.3. The van der Waals surface area contributed by atoms with Crippen molar-refractivity contribution in [1.82, 2.24) is 9.97 Å². The summed E-state index contributed by atoms with van der Waals surface area (Å²) in [7, 11) is 0. The lowest BCUT2D eigenvalue weighted by Gasteiger charge is -2.20. The van der Waals surface area contributed by atoms with Crippen molar-refractivity contribution >= 4 is 11.8 Å². The van der Waals surface area contributed by atoms with Crippen LogP contribution in [-0.4, -0.2) is 15.2 Å². The molecule has 0 unspecified atom stereocenters. The van der Waals surface area contributed by atoms with Gasteiger partial charge >= 0.3 is 0 Å². The van der Waals surface area contributed by atoms with E-state index in [0.717, 1.165) is 10.9 Å².